The molecule has 0 saturated heterocycles. The summed E-state index contributed by atoms with van der Waals surface area (Å²) in [5.41, 5.74) is 1.12. The van der Waals surface area contributed by atoms with Gasteiger partial charge in [0.05, 0.1) is 12.7 Å². The number of nitrogens with one attached hydrogen (secondary N) is 1. The molecule has 0 atom stereocenters. The predicted octanol–water partition coefficient (Wildman–Crippen LogP) is 4.18. The van der Waals surface area contributed by atoms with Crippen LogP contribution >= 0.6 is 0 Å². The third kappa shape index (κ3) is 6.09. The van der Waals surface area contributed by atoms with E-state index in [1.165, 1.54) is 25.3 Å². The highest BCUT2D eigenvalue weighted by atomic mass is 32.2. The molecular formula is C24H25NO6S. The van der Waals surface area contributed by atoms with Crippen molar-refractivity contribution in [2.75, 3.05) is 7.11 Å². The zero-order chi connectivity index (χ0) is 23.1. The number of carbonyl (C=O) groups is 1. The Morgan fingerprint density at radius 1 is 0.938 bits per heavy atom. The van der Waals surface area contributed by atoms with Crippen LogP contribution in [0.3, 0.4) is 0 Å². The van der Waals surface area contributed by atoms with E-state index in [-0.39, 0.29) is 22.3 Å². The quantitative estimate of drug-likeness (QED) is 0.385. The Morgan fingerprint density at radius 2 is 1.59 bits per heavy atom. The van der Waals surface area contributed by atoms with E-state index >= 15 is 0 Å². The highest BCUT2D eigenvalue weighted by Crippen LogP contribution is 2.26. The fourth-order valence-electron chi connectivity index (χ4n) is 2.90. The van der Waals surface area contributed by atoms with Gasteiger partial charge in [-0.2, -0.15) is 0 Å². The summed E-state index contributed by atoms with van der Waals surface area (Å²) in [7, 11) is -2.50. The van der Waals surface area contributed by atoms with E-state index in [2.05, 4.69) is 4.72 Å². The van der Waals surface area contributed by atoms with Crippen molar-refractivity contribution in [2.24, 2.45) is 0 Å². The van der Waals surface area contributed by atoms with E-state index in [9.17, 15) is 13.2 Å². The molecule has 7 nitrogen and oxygen atoms in total. The summed E-state index contributed by atoms with van der Waals surface area (Å²) in [5.74, 6) is 0.384. The lowest BCUT2D eigenvalue weighted by Crippen LogP contribution is -2.30. The van der Waals surface area contributed by atoms with Gasteiger partial charge in [0.15, 0.2) is 0 Å². The summed E-state index contributed by atoms with van der Waals surface area (Å²) >= 11 is 0. The molecule has 8 heteroatoms. The topological polar surface area (TPSA) is 90.9 Å². The van der Waals surface area contributed by atoms with Crippen LogP contribution in [0, 0.1) is 0 Å². The van der Waals surface area contributed by atoms with Crippen LogP contribution in [-0.2, 0) is 16.6 Å². The minimum Gasteiger partial charge on any atom is -0.495 e. The average Bonchev–Trinajstić information content (AvgIpc) is 2.78. The lowest BCUT2D eigenvalue weighted by Gasteiger charge is -2.14. The van der Waals surface area contributed by atoms with Crippen LogP contribution in [0.2, 0.25) is 0 Å². The van der Waals surface area contributed by atoms with Crippen molar-refractivity contribution in [2.45, 2.75) is 31.4 Å². The maximum absolute atomic E-state index is 12.6. The third-order valence-electron chi connectivity index (χ3n) is 4.36. The summed E-state index contributed by atoms with van der Waals surface area (Å²) in [6, 6.07) is 20.2. The van der Waals surface area contributed by atoms with Crippen molar-refractivity contribution in [1.29, 1.82) is 0 Å². The van der Waals surface area contributed by atoms with Gasteiger partial charge in [-0.05, 0) is 61.9 Å². The van der Waals surface area contributed by atoms with Gasteiger partial charge in [0.2, 0.25) is 10.0 Å². The zero-order valence-corrected chi connectivity index (χ0v) is 18.9. The van der Waals surface area contributed by atoms with E-state index in [0.717, 1.165) is 5.56 Å². The Hall–Kier alpha value is -3.36. The van der Waals surface area contributed by atoms with Crippen LogP contribution in [-0.4, -0.2) is 27.5 Å². The highest BCUT2D eigenvalue weighted by molar-refractivity contribution is 7.89. The maximum Gasteiger partial charge on any atom is 0.343 e. The minimum atomic E-state index is -3.87. The number of benzene rings is 3. The molecule has 3 aromatic carbocycles. The number of hydrogen-bond donors (Lipinski definition) is 1. The molecule has 3 rings (SSSR count). The van der Waals surface area contributed by atoms with Gasteiger partial charge in [0, 0.05) is 6.04 Å². The van der Waals surface area contributed by atoms with Gasteiger partial charge in [-0.15, -0.1) is 0 Å². The van der Waals surface area contributed by atoms with E-state index in [0.29, 0.717) is 18.1 Å². The van der Waals surface area contributed by atoms with Crippen LogP contribution in [0.5, 0.6) is 17.2 Å². The Labute approximate surface area is 188 Å². The maximum atomic E-state index is 12.6. The monoisotopic (exact) mass is 455 g/mol. The van der Waals surface area contributed by atoms with Gasteiger partial charge in [0.1, 0.15) is 28.8 Å². The van der Waals surface area contributed by atoms with Gasteiger partial charge in [-0.25, -0.2) is 17.9 Å². The number of rotatable bonds is 9. The minimum absolute atomic E-state index is 0.0827. The van der Waals surface area contributed by atoms with E-state index in [1.54, 1.807) is 38.1 Å². The fraction of sp³-hybridized carbons (Fsp3) is 0.208. The number of methoxy groups -OCH3 is 1. The van der Waals surface area contributed by atoms with Gasteiger partial charge >= 0.3 is 5.97 Å². The standard InChI is InChI=1S/C24H25NO6S/c1-17(2)25-32(27,28)23-15-19(9-14-22(23)29-3)24(26)31-21-12-10-20(11-13-21)30-16-18-7-5-4-6-8-18/h4-15,17,25H,16H2,1-3H3. The third-order valence-corrected chi connectivity index (χ3v) is 6.04. The number of hydrogen-bond acceptors (Lipinski definition) is 6. The second kappa shape index (κ2) is 10.3. The molecule has 0 aliphatic carbocycles. The molecule has 1 N–H and O–H groups in total. The average molecular weight is 456 g/mol. The van der Waals surface area contributed by atoms with Crippen molar-refractivity contribution < 1.29 is 27.4 Å². The van der Waals surface area contributed by atoms with Crippen LogP contribution in [0.25, 0.3) is 0 Å². The van der Waals surface area contributed by atoms with Crippen molar-refractivity contribution in [3.63, 3.8) is 0 Å². The Morgan fingerprint density at radius 3 is 2.22 bits per heavy atom. The Bertz CT molecular complexity index is 1160. The van der Waals surface area contributed by atoms with Gasteiger partial charge in [0.25, 0.3) is 0 Å². The molecule has 32 heavy (non-hydrogen) atoms. The normalized spacial score (nSPS) is 11.2. The molecule has 0 spiro atoms. The van der Waals surface area contributed by atoms with Crippen molar-refractivity contribution in [3.05, 3.63) is 83.9 Å². The molecule has 0 fully saturated rings. The predicted molar refractivity (Wildman–Crippen MR) is 121 cm³/mol. The molecule has 0 heterocycles. The summed E-state index contributed by atoms with van der Waals surface area (Å²) < 4.78 is 43.9. The van der Waals surface area contributed by atoms with Crippen LogP contribution in [0.1, 0.15) is 29.8 Å². The molecule has 168 valence electrons. The molecule has 0 unspecified atom stereocenters. The van der Waals surface area contributed by atoms with Crippen LogP contribution in [0.15, 0.2) is 77.7 Å². The number of esters is 1. The number of ether oxygens (including phenoxy) is 3. The second-order valence-corrected chi connectivity index (χ2v) is 8.96. The van der Waals surface area contributed by atoms with Crippen LogP contribution < -0.4 is 18.9 Å². The van der Waals surface area contributed by atoms with E-state index in [4.69, 9.17) is 14.2 Å². The summed E-state index contributed by atoms with van der Waals surface area (Å²) in [6.45, 7) is 3.83. The first-order valence-electron chi connectivity index (χ1n) is 9.98. The lowest BCUT2D eigenvalue weighted by molar-refractivity contribution is 0.0734. The number of sulfonamides is 1. The second-order valence-electron chi connectivity index (χ2n) is 7.28. The van der Waals surface area contributed by atoms with Gasteiger partial charge in [-0.3, -0.25) is 0 Å². The molecular weight excluding hydrogens is 430 g/mol. The largest absolute Gasteiger partial charge is 0.495 e. The Kier molecular flexibility index (Phi) is 7.50. The van der Waals surface area contributed by atoms with Crippen molar-refractivity contribution >= 4 is 16.0 Å². The van der Waals surface area contributed by atoms with Crippen molar-refractivity contribution in [3.8, 4) is 17.2 Å². The Balaban J connectivity index is 1.70. The van der Waals surface area contributed by atoms with E-state index in [1.807, 2.05) is 30.3 Å². The summed E-state index contributed by atoms with van der Waals surface area (Å²) in [4.78, 5) is 12.5. The molecule has 0 bridgehead atoms. The first-order valence-corrected chi connectivity index (χ1v) is 11.5. The molecule has 0 saturated carbocycles. The smallest absolute Gasteiger partial charge is 0.343 e. The highest BCUT2D eigenvalue weighted by Gasteiger charge is 2.23. The summed E-state index contributed by atoms with van der Waals surface area (Å²) in [6.07, 6.45) is 0. The van der Waals surface area contributed by atoms with Gasteiger partial charge in [-0.1, -0.05) is 30.3 Å². The molecule has 0 radical (unpaired) electrons. The first kappa shape index (κ1) is 23.3. The van der Waals surface area contributed by atoms with Crippen LogP contribution in [0.4, 0.5) is 0 Å². The molecule has 0 aromatic heterocycles. The first-order chi connectivity index (χ1) is 15.3. The summed E-state index contributed by atoms with van der Waals surface area (Å²) in [5, 5.41) is 0. The molecule has 0 aliphatic heterocycles. The SMILES string of the molecule is COc1ccc(C(=O)Oc2ccc(OCc3ccccc3)cc2)cc1S(=O)(=O)NC(C)C. The van der Waals surface area contributed by atoms with E-state index < -0.39 is 16.0 Å². The molecule has 0 amide bonds. The number of carbonyl (C=O) groups excluding carboxylic acids is 1. The van der Waals surface area contributed by atoms with Gasteiger partial charge < -0.3 is 14.2 Å². The fourth-order valence-corrected chi connectivity index (χ4v) is 4.34. The zero-order valence-electron chi connectivity index (χ0n) is 18.1. The van der Waals surface area contributed by atoms with Crippen molar-refractivity contribution in [1.82, 2.24) is 4.72 Å². The molecule has 3 aromatic rings. The lowest BCUT2D eigenvalue weighted by atomic mass is 10.2. The molecule has 0 aliphatic rings.